The lowest BCUT2D eigenvalue weighted by Crippen LogP contribution is -2.34. The Morgan fingerprint density at radius 1 is 1.23 bits per heavy atom. The number of hydrogen-bond acceptors (Lipinski definition) is 7. The van der Waals surface area contributed by atoms with E-state index in [0.29, 0.717) is 22.7 Å². The highest BCUT2D eigenvalue weighted by molar-refractivity contribution is 14.1. The number of nitrogens with zero attached hydrogens (tertiary/aromatic N) is 2. The molecule has 0 saturated heterocycles. The molecular formula is C23H16BrIN4O5S. The molecule has 12 heteroatoms. The minimum absolute atomic E-state index is 0.0231. The van der Waals surface area contributed by atoms with Gasteiger partial charge in [-0.15, -0.1) is 0 Å². The molecule has 4 aromatic rings. The topological polar surface area (TPSA) is 120 Å². The van der Waals surface area contributed by atoms with Gasteiger partial charge in [0.25, 0.3) is 5.91 Å². The summed E-state index contributed by atoms with van der Waals surface area (Å²) in [5, 5.41) is 16.8. The standard InChI is InChI=1S/C23H16BrIN4O5S/c1-2-33-20-7-3-12(9-18(20)29(31)32)21(30)28-23(35)26-14-5-8-19-17(11-14)27-22(34-19)15-10-13(25)4-6-16(15)24/h3-11H,2H2,1H3,(H2,26,28,30,35). The van der Waals surface area contributed by atoms with Crippen LogP contribution in [0.2, 0.25) is 0 Å². The van der Waals surface area contributed by atoms with E-state index >= 15 is 0 Å². The molecule has 1 heterocycles. The van der Waals surface area contributed by atoms with E-state index in [2.05, 4.69) is 54.1 Å². The van der Waals surface area contributed by atoms with Crippen LogP contribution in [0.5, 0.6) is 5.75 Å². The Kier molecular flexibility index (Phi) is 7.62. The van der Waals surface area contributed by atoms with Crippen LogP contribution in [0.3, 0.4) is 0 Å². The number of carbonyl (C=O) groups excluding carboxylic acids is 1. The molecule has 0 radical (unpaired) electrons. The number of aromatic nitrogens is 1. The fourth-order valence-corrected chi connectivity index (χ4v) is 4.32. The average molecular weight is 667 g/mol. The number of nitro groups is 1. The van der Waals surface area contributed by atoms with Crippen LogP contribution in [-0.2, 0) is 0 Å². The Hall–Kier alpha value is -3.10. The van der Waals surface area contributed by atoms with Crippen LogP contribution >= 0.6 is 50.7 Å². The lowest BCUT2D eigenvalue weighted by molar-refractivity contribution is -0.385. The Labute approximate surface area is 226 Å². The van der Waals surface area contributed by atoms with Gasteiger partial charge in [-0.2, -0.15) is 0 Å². The number of anilines is 1. The molecule has 3 aromatic carbocycles. The summed E-state index contributed by atoms with van der Waals surface area (Å²) in [5.41, 5.74) is 2.38. The highest BCUT2D eigenvalue weighted by atomic mass is 127. The largest absolute Gasteiger partial charge is 0.487 e. The van der Waals surface area contributed by atoms with Gasteiger partial charge in [-0.05, 0) is 106 Å². The van der Waals surface area contributed by atoms with E-state index in [9.17, 15) is 14.9 Å². The maximum atomic E-state index is 12.6. The van der Waals surface area contributed by atoms with Gasteiger partial charge in [0, 0.05) is 25.4 Å². The summed E-state index contributed by atoms with van der Waals surface area (Å²) in [4.78, 5) is 27.9. The van der Waals surface area contributed by atoms with Crippen LogP contribution in [0.15, 0.2) is 63.5 Å². The molecule has 0 unspecified atom stereocenters. The molecule has 9 nitrogen and oxygen atoms in total. The van der Waals surface area contributed by atoms with Crippen molar-refractivity contribution in [2.75, 3.05) is 11.9 Å². The molecule has 178 valence electrons. The van der Waals surface area contributed by atoms with Crippen LogP contribution in [0.1, 0.15) is 17.3 Å². The molecule has 0 spiro atoms. The Morgan fingerprint density at radius 2 is 2.03 bits per heavy atom. The molecule has 0 bridgehead atoms. The number of nitrogens with one attached hydrogen (secondary N) is 2. The van der Waals surface area contributed by atoms with Crippen molar-refractivity contribution < 1.29 is 18.9 Å². The number of hydrogen-bond donors (Lipinski definition) is 2. The van der Waals surface area contributed by atoms with Crippen molar-refractivity contribution in [2.45, 2.75) is 6.92 Å². The summed E-state index contributed by atoms with van der Waals surface area (Å²) in [5.74, 6) is -0.0372. The number of benzene rings is 3. The SMILES string of the molecule is CCOc1ccc(C(=O)NC(=S)Nc2ccc3oc(-c4cc(I)ccc4Br)nc3c2)cc1[N+](=O)[O-]. The number of thiocarbonyl (C=S) groups is 1. The molecule has 35 heavy (non-hydrogen) atoms. The third-order valence-corrected chi connectivity index (χ3v) is 6.32. The van der Waals surface area contributed by atoms with E-state index in [1.807, 2.05) is 18.2 Å². The second kappa shape index (κ2) is 10.7. The minimum atomic E-state index is -0.603. The molecule has 2 N–H and O–H groups in total. The fourth-order valence-electron chi connectivity index (χ4n) is 3.20. The quantitative estimate of drug-likeness (QED) is 0.107. The second-order valence-electron chi connectivity index (χ2n) is 7.11. The summed E-state index contributed by atoms with van der Waals surface area (Å²) < 4.78 is 13.0. The third-order valence-electron chi connectivity index (χ3n) is 4.75. The number of fused-ring (bicyclic) bond motifs is 1. The molecule has 0 saturated carbocycles. The Morgan fingerprint density at radius 3 is 2.77 bits per heavy atom. The van der Waals surface area contributed by atoms with Crippen LogP contribution in [0.25, 0.3) is 22.6 Å². The number of oxazole rings is 1. The summed E-state index contributed by atoms with van der Waals surface area (Å²) in [6, 6.07) is 15.1. The first-order valence-corrected chi connectivity index (χ1v) is 12.4. The van der Waals surface area contributed by atoms with Crippen molar-refractivity contribution in [2.24, 2.45) is 0 Å². The van der Waals surface area contributed by atoms with E-state index in [-0.39, 0.29) is 28.7 Å². The average Bonchev–Trinajstić information content (AvgIpc) is 3.24. The maximum absolute atomic E-state index is 12.6. The lowest BCUT2D eigenvalue weighted by Gasteiger charge is -2.10. The van der Waals surface area contributed by atoms with Crippen LogP contribution in [-0.4, -0.2) is 27.5 Å². The molecule has 0 aliphatic heterocycles. The molecule has 0 atom stereocenters. The van der Waals surface area contributed by atoms with Gasteiger partial charge in [-0.1, -0.05) is 0 Å². The molecule has 0 aliphatic rings. The van der Waals surface area contributed by atoms with Gasteiger partial charge in [0.2, 0.25) is 5.89 Å². The highest BCUT2D eigenvalue weighted by Crippen LogP contribution is 2.32. The number of rotatable bonds is 6. The molecule has 0 fully saturated rings. The Bertz CT molecular complexity index is 1480. The van der Waals surface area contributed by atoms with E-state index in [0.717, 1.165) is 19.7 Å². The minimum Gasteiger partial charge on any atom is -0.487 e. The monoisotopic (exact) mass is 666 g/mol. The predicted octanol–water partition coefficient (Wildman–Crippen LogP) is 6.30. The highest BCUT2D eigenvalue weighted by Gasteiger charge is 2.19. The normalized spacial score (nSPS) is 10.7. The number of amides is 1. The van der Waals surface area contributed by atoms with E-state index < -0.39 is 10.8 Å². The number of ether oxygens (including phenoxy) is 1. The molecule has 0 aliphatic carbocycles. The summed E-state index contributed by atoms with van der Waals surface area (Å²) in [6.45, 7) is 1.98. The Balaban J connectivity index is 1.49. The van der Waals surface area contributed by atoms with E-state index in [4.69, 9.17) is 21.4 Å². The summed E-state index contributed by atoms with van der Waals surface area (Å²) in [7, 11) is 0. The van der Waals surface area contributed by atoms with Gasteiger partial charge in [-0.3, -0.25) is 20.2 Å². The zero-order chi connectivity index (χ0) is 25.1. The van der Waals surface area contributed by atoms with Crippen molar-refractivity contribution in [1.82, 2.24) is 10.3 Å². The van der Waals surface area contributed by atoms with Crippen molar-refractivity contribution in [1.29, 1.82) is 0 Å². The van der Waals surface area contributed by atoms with Gasteiger partial charge < -0.3 is 14.5 Å². The fraction of sp³-hybridized carbons (Fsp3) is 0.0870. The molecule has 1 aromatic heterocycles. The van der Waals surface area contributed by atoms with Crippen LogP contribution < -0.4 is 15.4 Å². The van der Waals surface area contributed by atoms with Crippen molar-refractivity contribution in [3.63, 3.8) is 0 Å². The smallest absolute Gasteiger partial charge is 0.311 e. The molecule has 1 amide bonds. The summed E-state index contributed by atoms with van der Waals surface area (Å²) >= 11 is 11.0. The van der Waals surface area contributed by atoms with Crippen LogP contribution in [0.4, 0.5) is 11.4 Å². The predicted molar refractivity (Wildman–Crippen MR) is 148 cm³/mol. The maximum Gasteiger partial charge on any atom is 0.311 e. The van der Waals surface area contributed by atoms with Gasteiger partial charge in [-0.25, -0.2) is 4.98 Å². The van der Waals surface area contributed by atoms with Gasteiger partial charge in [0.1, 0.15) is 5.52 Å². The molecular weight excluding hydrogens is 651 g/mol. The first-order valence-electron chi connectivity index (χ1n) is 10.1. The van der Waals surface area contributed by atoms with E-state index in [1.54, 1.807) is 25.1 Å². The zero-order valence-electron chi connectivity index (χ0n) is 18.0. The summed E-state index contributed by atoms with van der Waals surface area (Å²) in [6.07, 6.45) is 0. The van der Waals surface area contributed by atoms with Gasteiger partial charge in [0.15, 0.2) is 16.4 Å². The van der Waals surface area contributed by atoms with Crippen molar-refractivity contribution in [3.05, 3.63) is 78.3 Å². The van der Waals surface area contributed by atoms with Crippen molar-refractivity contribution >= 4 is 84.2 Å². The lowest BCUT2D eigenvalue weighted by atomic mass is 10.1. The molecule has 4 rings (SSSR count). The first-order chi connectivity index (χ1) is 16.7. The van der Waals surface area contributed by atoms with Crippen molar-refractivity contribution in [3.8, 4) is 17.2 Å². The zero-order valence-corrected chi connectivity index (χ0v) is 22.6. The first kappa shape index (κ1) is 25.0. The number of halogens is 2. The number of carbonyl (C=O) groups is 1. The van der Waals surface area contributed by atoms with Gasteiger partial charge >= 0.3 is 5.69 Å². The van der Waals surface area contributed by atoms with Gasteiger partial charge in [0.05, 0.1) is 17.1 Å². The number of nitro benzene ring substituents is 1. The second-order valence-corrected chi connectivity index (χ2v) is 9.61. The van der Waals surface area contributed by atoms with Crippen LogP contribution in [0, 0.1) is 13.7 Å². The third kappa shape index (κ3) is 5.77. The van der Waals surface area contributed by atoms with E-state index in [1.165, 1.54) is 12.1 Å².